The summed E-state index contributed by atoms with van der Waals surface area (Å²) in [6, 6.07) is -0.186. The van der Waals surface area contributed by atoms with Crippen molar-refractivity contribution in [3.05, 3.63) is 51.2 Å². The molecule has 204 valence electrons. The zero-order valence-electron chi connectivity index (χ0n) is 20.9. The second kappa shape index (κ2) is 9.49. The third-order valence-corrected chi connectivity index (χ3v) is 7.48. The van der Waals surface area contributed by atoms with Gasteiger partial charge < -0.3 is 36.2 Å². The number of nitrogens with zero attached hydrogens (tertiary/aromatic N) is 1. The molecular weight excluding hydrogens is 505 g/mol. The fraction of sp³-hybridized carbons (Fsp3) is 0.440. The topological polar surface area (TPSA) is 200 Å². The molecule has 0 bridgehead atoms. The molecule has 0 unspecified atom stereocenters. The van der Waals surface area contributed by atoms with Crippen molar-refractivity contribution in [2.24, 2.45) is 17.6 Å². The third kappa shape index (κ3) is 3.77. The van der Waals surface area contributed by atoms with Gasteiger partial charge in [0.1, 0.15) is 34.2 Å². The molecule has 0 heterocycles. The molecule has 2 amide bonds. The van der Waals surface area contributed by atoms with Crippen molar-refractivity contribution in [1.82, 2.24) is 10.2 Å². The number of hydrogen-bond donors (Lipinski definition) is 6. The molecule has 0 saturated carbocycles. The van der Waals surface area contributed by atoms with Gasteiger partial charge in [0.05, 0.1) is 18.2 Å². The van der Waals surface area contributed by atoms with Crippen molar-refractivity contribution >= 4 is 23.4 Å². The van der Waals surface area contributed by atoms with Crippen LogP contribution in [-0.2, 0) is 20.7 Å². The highest BCUT2D eigenvalue weighted by Crippen LogP contribution is 2.52. The highest BCUT2D eigenvalue weighted by molar-refractivity contribution is 6.25. The van der Waals surface area contributed by atoms with Gasteiger partial charge in [0.2, 0.25) is 5.78 Å². The average molecular weight is 534 g/mol. The van der Waals surface area contributed by atoms with Gasteiger partial charge in [-0.25, -0.2) is 4.39 Å². The van der Waals surface area contributed by atoms with E-state index in [1.165, 1.54) is 26.1 Å². The lowest BCUT2D eigenvalue weighted by molar-refractivity contribution is -0.148. The fourth-order valence-corrected chi connectivity index (χ4v) is 5.84. The number of halogens is 1. The summed E-state index contributed by atoms with van der Waals surface area (Å²) in [5, 5.41) is 46.7. The van der Waals surface area contributed by atoms with Crippen LogP contribution >= 0.6 is 0 Å². The van der Waals surface area contributed by atoms with Gasteiger partial charge in [-0.3, -0.25) is 24.1 Å². The molecule has 4 rings (SSSR count). The fourth-order valence-electron chi connectivity index (χ4n) is 5.84. The lowest BCUT2D eigenvalue weighted by atomic mass is 9.58. The normalized spacial score (nSPS) is 26.7. The number of phenols is 1. The standard InChI is InChI=1S/C25H28FN3O9/c1-29(2)17-11-7-9-6-10-8-12(26)15(24(36)28-4-5-38-3)19(31)13(10)18(30)14(9)21(33)25(11,37)22(34)16(20(17)32)23(27)35/h8-9,11,17,31-33,37H,4-7H2,1-3H3,(H2,27,35)(H,28,36)/t9-,11-,17-,25-/m0/s1. The van der Waals surface area contributed by atoms with Crippen molar-refractivity contribution in [2.75, 3.05) is 34.4 Å². The van der Waals surface area contributed by atoms with Crippen LogP contribution < -0.4 is 11.1 Å². The molecule has 3 aliphatic rings. The van der Waals surface area contributed by atoms with Crippen molar-refractivity contribution in [3.8, 4) is 5.75 Å². The Balaban J connectivity index is 1.88. The molecule has 0 radical (unpaired) electrons. The van der Waals surface area contributed by atoms with Gasteiger partial charge in [0, 0.05) is 25.1 Å². The number of hydrogen-bond acceptors (Lipinski definition) is 10. The number of allylic oxidation sites excluding steroid dienone is 1. The lowest BCUT2D eigenvalue weighted by Crippen LogP contribution is -2.63. The van der Waals surface area contributed by atoms with Crippen molar-refractivity contribution < 1.29 is 48.7 Å². The van der Waals surface area contributed by atoms with Crippen LogP contribution in [0.25, 0.3) is 0 Å². The number of ketones is 2. The third-order valence-electron chi connectivity index (χ3n) is 7.48. The summed E-state index contributed by atoms with van der Waals surface area (Å²) in [7, 11) is 4.42. The van der Waals surface area contributed by atoms with Crippen LogP contribution in [0, 0.1) is 17.7 Å². The van der Waals surface area contributed by atoms with Crippen LogP contribution in [0.1, 0.15) is 32.7 Å². The minimum Gasteiger partial charge on any atom is -0.510 e. The van der Waals surface area contributed by atoms with E-state index in [0.717, 1.165) is 6.07 Å². The summed E-state index contributed by atoms with van der Waals surface area (Å²) in [6.07, 6.45) is -0.224. The number of aliphatic hydroxyl groups is 3. The predicted octanol–water partition coefficient (Wildman–Crippen LogP) is -0.364. The number of methoxy groups -OCH3 is 1. The Morgan fingerprint density at radius 1 is 1.26 bits per heavy atom. The van der Waals surface area contributed by atoms with Gasteiger partial charge in [0.25, 0.3) is 11.8 Å². The van der Waals surface area contributed by atoms with Gasteiger partial charge in [0.15, 0.2) is 11.4 Å². The van der Waals surface area contributed by atoms with E-state index in [9.17, 15) is 44.0 Å². The number of nitrogens with two attached hydrogens (primary N) is 1. The molecule has 0 saturated heterocycles. The second-order valence-electron chi connectivity index (χ2n) is 9.83. The molecule has 4 atom stereocenters. The van der Waals surface area contributed by atoms with Crippen LogP contribution in [-0.4, -0.2) is 94.7 Å². The zero-order chi connectivity index (χ0) is 28.3. The minimum atomic E-state index is -2.79. The van der Waals surface area contributed by atoms with E-state index in [1.54, 1.807) is 0 Å². The summed E-state index contributed by atoms with van der Waals surface area (Å²) in [5.41, 5.74) is 0.00103. The van der Waals surface area contributed by atoms with Crippen molar-refractivity contribution in [2.45, 2.75) is 24.5 Å². The Morgan fingerprint density at radius 2 is 1.92 bits per heavy atom. The summed E-state index contributed by atoms with van der Waals surface area (Å²) in [5.74, 6) is -10.5. The number of amides is 2. The van der Waals surface area contributed by atoms with Gasteiger partial charge in [-0.1, -0.05) is 0 Å². The maximum Gasteiger partial charge on any atom is 0.258 e. The van der Waals surface area contributed by atoms with Crippen molar-refractivity contribution in [1.29, 1.82) is 0 Å². The number of phenolic OH excluding ortho intramolecular Hbond substituents is 1. The number of benzene rings is 1. The highest BCUT2D eigenvalue weighted by atomic mass is 19.1. The molecule has 3 aliphatic carbocycles. The first-order valence-corrected chi connectivity index (χ1v) is 11.7. The first-order chi connectivity index (χ1) is 17.8. The maximum atomic E-state index is 14.9. The summed E-state index contributed by atoms with van der Waals surface area (Å²) < 4.78 is 19.8. The monoisotopic (exact) mass is 533 g/mol. The molecule has 12 nitrogen and oxygen atoms in total. The van der Waals surface area contributed by atoms with Gasteiger partial charge in [-0.2, -0.15) is 0 Å². The van der Waals surface area contributed by atoms with E-state index < -0.39 is 92.2 Å². The van der Waals surface area contributed by atoms with E-state index >= 15 is 0 Å². The molecule has 1 aromatic carbocycles. The first-order valence-electron chi connectivity index (χ1n) is 11.7. The van der Waals surface area contributed by atoms with Crippen LogP contribution in [0.5, 0.6) is 5.75 Å². The van der Waals surface area contributed by atoms with E-state index in [4.69, 9.17) is 10.5 Å². The molecule has 0 aromatic heterocycles. The number of carbonyl (C=O) groups excluding carboxylic acids is 4. The molecule has 0 fully saturated rings. The molecule has 0 spiro atoms. The molecule has 1 aromatic rings. The number of rotatable bonds is 6. The van der Waals surface area contributed by atoms with E-state index in [1.807, 2.05) is 0 Å². The number of fused-ring (bicyclic) bond motifs is 3. The quantitative estimate of drug-likeness (QED) is 0.207. The summed E-state index contributed by atoms with van der Waals surface area (Å²) >= 11 is 0. The Hall–Kier alpha value is -3.81. The van der Waals surface area contributed by atoms with E-state index in [-0.39, 0.29) is 31.6 Å². The van der Waals surface area contributed by atoms with Crippen LogP contribution in [0.3, 0.4) is 0 Å². The number of nitrogens with one attached hydrogen (secondary N) is 1. The molecule has 13 heteroatoms. The van der Waals surface area contributed by atoms with Gasteiger partial charge in [-0.15, -0.1) is 0 Å². The van der Waals surface area contributed by atoms with Crippen LogP contribution in [0.2, 0.25) is 0 Å². The number of likely N-dealkylation sites (N-methyl/N-ethyl adjacent to an activating group) is 1. The highest BCUT2D eigenvalue weighted by Gasteiger charge is 2.63. The minimum absolute atomic E-state index is 0.000602. The Morgan fingerprint density at radius 3 is 2.50 bits per heavy atom. The molecule has 0 aliphatic heterocycles. The molecular formula is C25H28FN3O9. The average Bonchev–Trinajstić information content (AvgIpc) is 2.80. The molecule has 38 heavy (non-hydrogen) atoms. The van der Waals surface area contributed by atoms with Crippen LogP contribution in [0.4, 0.5) is 4.39 Å². The first kappa shape index (κ1) is 27.2. The lowest BCUT2D eigenvalue weighted by Gasteiger charge is -2.50. The summed E-state index contributed by atoms with van der Waals surface area (Å²) in [6.45, 7) is 0.110. The van der Waals surface area contributed by atoms with Crippen molar-refractivity contribution in [3.63, 3.8) is 0 Å². The van der Waals surface area contributed by atoms with Gasteiger partial charge in [-0.05, 0) is 44.5 Å². The zero-order valence-corrected chi connectivity index (χ0v) is 20.9. The summed E-state index contributed by atoms with van der Waals surface area (Å²) in [4.78, 5) is 52.8. The predicted molar refractivity (Wildman–Crippen MR) is 128 cm³/mol. The Kier molecular flexibility index (Phi) is 6.80. The smallest absolute Gasteiger partial charge is 0.258 e. The van der Waals surface area contributed by atoms with E-state index in [2.05, 4.69) is 5.32 Å². The molecule has 7 N–H and O–H groups in total. The van der Waals surface area contributed by atoms with Crippen LogP contribution in [0.15, 0.2) is 28.7 Å². The Labute approximate surface area is 216 Å². The van der Waals surface area contributed by atoms with Gasteiger partial charge >= 0.3 is 0 Å². The number of primary amides is 1. The number of ether oxygens (including phenoxy) is 1. The largest absolute Gasteiger partial charge is 0.510 e. The Bertz CT molecular complexity index is 1340. The second-order valence-corrected chi connectivity index (χ2v) is 9.83. The SMILES string of the molecule is COCCNC(=O)c1c(F)cc2c(c1O)C(=O)C1=C(O)[C@]3(O)C(=O)C(C(N)=O)=C(O)[C@@H](N(C)C)[C@@H]3C[C@@H]1C2. The van der Waals surface area contributed by atoms with E-state index in [0.29, 0.717) is 0 Å². The number of aromatic hydroxyl groups is 1. The number of carbonyl (C=O) groups is 4. The number of Topliss-reactive ketones (excluding diaryl/α,β-unsaturated/α-hetero) is 2. The maximum absolute atomic E-state index is 14.9. The number of aliphatic hydroxyl groups excluding tert-OH is 2.